The number of anilines is 1. The zero-order chi connectivity index (χ0) is 14.2. The van der Waals surface area contributed by atoms with Crippen molar-refractivity contribution in [3.8, 4) is 0 Å². The lowest BCUT2D eigenvalue weighted by atomic mass is 10.0. The molecule has 0 N–H and O–H groups in total. The minimum absolute atomic E-state index is 0.239. The van der Waals surface area contributed by atoms with Gasteiger partial charge < -0.3 is 0 Å². The van der Waals surface area contributed by atoms with Gasteiger partial charge in [-0.25, -0.2) is 18.4 Å². The summed E-state index contributed by atoms with van der Waals surface area (Å²) in [5.41, 5.74) is 0.403. The fourth-order valence-corrected chi connectivity index (χ4v) is 2.56. The van der Waals surface area contributed by atoms with Gasteiger partial charge in [0.15, 0.2) is 0 Å². The molecule has 0 spiro atoms. The molecule has 0 aromatic carbocycles. The Labute approximate surface area is 113 Å². The summed E-state index contributed by atoms with van der Waals surface area (Å²) in [6.45, 7) is 0.382. The Balaban J connectivity index is 2.21. The van der Waals surface area contributed by atoms with Gasteiger partial charge in [-0.05, 0) is 6.42 Å². The van der Waals surface area contributed by atoms with Crippen molar-refractivity contribution in [2.75, 3.05) is 24.7 Å². The first-order valence-corrected chi connectivity index (χ1v) is 7.47. The van der Waals surface area contributed by atoms with E-state index in [2.05, 4.69) is 9.97 Å². The van der Waals surface area contributed by atoms with Gasteiger partial charge >= 0.3 is 0 Å². The number of carbonyl (C=O) groups excluding carboxylic acids is 1. The normalized spacial score (nSPS) is 20.3. The predicted molar refractivity (Wildman–Crippen MR) is 70.8 cm³/mol. The second-order valence-corrected chi connectivity index (χ2v) is 6.43. The molecule has 7 nitrogen and oxygen atoms in total. The molecule has 2 heterocycles. The van der Waals surface area contributed by atoms with Crippen LogP contribution in [0.25, 0.3) is 0 Å². The number of sulfonamides is 1. The maximum atomic E-state index is 12.2. The van der Waals surface area contributed by atoms with Crippen molar-refractivity contribution in [2.24, 2.45) is 0 Å². The largest absolute Gasteiger partial charge is 0.279 e. The standard InChI is InChI=1S/C10H13BN4O3S/c1-14(19(2,17)18)8-3-4-15(9(8)16)10-12-5-7(11)6-13-10/h5-6,8H,3-4H2,1-2H3. The molecular formula is C10H13BN4O3S. The van der Waals surface area contributed by atoms with Crippen molar-refractivity contribution < 1.29 is 13.2 Å². The maximum Gasteiger partial charge on any atom is 0.247 e. The van der Waals surface area contributed by atoms with E-state index in [1.807, 2.05) is 0 Å². The van der Waals surface area contributed by atoms with E-state index in [1.165, 1.54) is 24.3 Å². The number of amides is 1. The summed E-state index contributed by atoms with van der Waals surface area (Å²) in [4.78, 5) is 21.5. The van der Waals surface area contributed by atoms with Crippen LogP contribution in [0.4, 0.5) is 5.95 Å². The molecule has 2 radical (unpaired) electrons. The molecule has 2 rings (SSSR count). The molecule has 0 aliphatic carbocycles. The molecule has 1 unspecified atom stereocenters. The lowest BCUT2D eigenvalue weighted by molar-refractivity contribution is -0.120. The summed E-state index contributed by atoms with van der Waals surface area (Å²) in [6.07, 6.45) is 4.30. The SMILES string of the molecule is [B]c1cnc(N2CCC(N(C)S(C)(=O)=O)C2=O)nc1. The van der Waals surface area contributed by atoms with Crippen LogP contribution in [0.5, 0.6) is 0 Å². The first kappa shape index (κ1) is 13.9. The number of likely N-dealkylation sites (N-methyl/N-ethyl adjacent to an activating group) is 1. The van der Waals surface area contributed by atoms with Gasteiger partial charge in [0, 0.05) is 26.0 Å². The van der Waals surface area contributed by atoms with E-state index in [9.17, 15) is 13.2 Å². The van der Waals surface area contributed by atoms with Crippen molar-refractivity contribution in [3.05, 3.63) is 12.4 Å². The third-order valence-corrected chi connectivity index (χ3v) is 4.34. The van der Waals surface area contributed by atoms with Crippen LogP contribution in [0.1, 0.15) is 6.42 Å². The first-order chi connectivity index (χ1) is 8.80. The first-order valence-electron chi connectivity index (χ1n) is 5.62. The fraction of sp³-hybridized carbons (Fsp3) is 0.500. The number of carbonyl (C=O) groups is 1. The lowest BCUT2D eigenvalue weighted by Gasteiger charge is -2.20. The summed E-state index contributed by atoms with van der Waals surface area (Å²) in [6, 6.07) is -0.698. The van der Waals surface area contributed by atoms with Crippen LogP contribution in [0.15, 0.2) is 12.4 Å². The average Bonchev–Trinajstić information content (AvgIpc) is 2.70. The van der Waals surface area contributed by atoms with Crippen molar-refractivity contribution >= 4 is 35.2 Å². The number of hydrogen-bond donors (Lipinski definition) is 0. The second kappa shape index (κ2) is 4.89. The highest BCUT2D eigenvalue weighted by molar-refractivity contribution is 7.88. The monoisotopic (exact) mass is 280 g/mol. The molecule has 1 amide bonds. The van der Waals surface area contributed by atoms with Crippen molar-refractivity contribution in [1.82, 2.24) is 14.3 Å². The van der Waals surface area contributed by atoms with Crippen LogP contribution in [0.2, 0.25) is 0 Å². The maximum absolute atomic E-state index is 12.2. The molecular weight excluding hydrogens is 267 g/mol. The van der Waals surface area contributed by atoms with Gasteiger partial charge in [0.25, 0.3) is 0 Å². The van der Waals surface area contributed by atoms with Gasteiger partial charge in [-0.2, -0.15) is 4.31 Å². The molecule has 1 aliphatic rings. The Morgan fingerprint density at radius 3 is 2.53 bits per heavy atom. The number of aromatic nitrogens is 2. The minimum Gasteiger partial charge on any atom is -0.279 e. The van der Waals surface area contributed by atoms with E-state index in [-0.39, 0.29) is 11.9 Å². The summed E-state index contributed by atoms with van der Waals surface area (Å²) in [5, 5.41) is 0. The van der Waals surface area contributed by atoms with Crippen LogP contribution in [0.3, 0.4) is 0 Å². The van der Waals surface area contributed by atoms with Gasteiger partial charge in [0.2, 0.25) is 21.9 Å². The molecule has 1 saturated heterocycles. The molecule has 1 aromatic heterocycles. The van der Waals surface area contributed by atoms with E-state index >= 15 is 0 Å². The Hall–Kier alpha value is -1.48. The molecule has 19 heavy (non-hydrogen) atoms. The van der Waals surface area contributed by atoms with Gasteiger partial charge in [-0.15, -0.1) is 0 Å². The van der Waals surface area contributed by atoms with E-state index in [0.717, 1.165) is 10.6 Å². The molecule has 9 heteroatoms. The van der Waals surface area contributed by atoms with Gasteiger partial charge in [0.05, 0.1) is 6.26 Å². The van der Waals surface area contributed by atoms with E-state index in [4.69, 9.17) is 7.85 Å². The van der Waals surface area contributed by atoms with Crippen LogP contribution in [-0.2, 0) is 14.8 Å². The highest BCUT2D eigenvalue weighted by atomic mass is 32.2. The Bertz CT molecular complexity index is 589. The molecule has 0 bridgehead atoms. The zero-order valence-electron chi connectivity index (χ0n) is 10.6. The highest BCUT2D eigenvalue weighted by Gasteiger charge is 2.39. The Kier molecular flexibility index (Phi) is 3.59. The number of hydrogen-bond acceptors (Lipinski definition) is 5. The average molecular weight is 280 g/mol. The van der Waals surface area contributed by atoms with Crippen molar-refractivity contribution in [1.29, 1.82) is 0 Å². The Morgan fingerprint density at radius 1 is 1.42 bits per heavy atom. The summed E-state index contributed by atoms with van der Waals surface area (Å²) >= 11 is 0. The quantitative estimate of drug-likeness (QED) is 0.614. The second-order valence-electron chi connectivity index (χ2n) is 4.39. The minimum atomic E-state index is -3.41. The summed E-state index contributed by atoms with van der Waals surface area (Å²) in [5.74, 6) is -0.0821. The van der Waals surface area contributed by atoms with E-state index < -0.39 is 16.1 Å². The number of rotatable bonds is 3. The van der Waals surface area contributed by atoms with Crippen LogP contribution < -0.4 is 10.4 Å². The van der Waals surface area contributed by atoms with Crippen LogP contribution in [0, 0.1) is 0 Å². The van der Waals surface area contributed by atoms with Crippen molar-refractivity contribution in [2.45, 2.75) is 12.5 Å². The highest BCUT2D eigenvalue weighted by Crippen LogP contribution is 2.21. The van der Waals surface area contributed by atoms with Crippen LogP contribution in [-0.4, -0.2) is 62.3 Å². The van der Waals surface area contributed by atoms with Gasteiger partial charge in [-0.3, -0.25) is 9.69 Å². The molecule has 1 fully saturated rings. The topological polar surface area (TPSA) is 83.5 Å². The van der Waals surface area contributed by atoms with Crippen molar-refractivity contribution in [3.63, 3.8) is 0 Å². The molecule has 1 aromatic rings. The van der Waals surface area contributed by atoms with E-state index in [1.54, 1.807) is 0 Å². The predicted octanol–water partition coefficient (Wildman–Crippen LogP) is -1.73. The fourth-order valence-electron chi connectivity index (χ4n) is 1.90. The third kappa shape index (κ3) is 2.76. The summed E-state index contributed by atoms with van der Waals surface area (Å²) < 4.78 is 24.0. The van der Waals surface area contributed by atoms with Crippen LogP contribution >= 0.6 is 0 Å². The lowest BCUT2D eigenvalue weighted by Crippen LogP contribution is -2.42. The third-order valence-electron chi connectivity index (χ3n) is 3.04. The molecule has 100 valence electrons. The van der Waals surface area contributed by atoms with Gasteiger partial charge in [0.1, 0.15) is 13.9 Å². The Morgan fingerprint density at radius 2 is 2.00 bits per heavy atom. The number of nitrogens with zero attached hydrogens (tertiary/aromatic N) is 4. The molecule has 1 aliphatic heterocycles. The van der Waals surface area contributed by atoms with Gasteiger partial charge in [-0.1, -0.05) is 5.46 Å². The zero-order valence-corrected chi connectivity index (χ0v) is 11.5. The van der Waals surface area contributed by atoms with E-state index in [0.29, 0.717) is 18.4 Å². The molecule has 1 atom stereocenters. The molecule has 0 saturated carbocycles. The smallest absolute Gasteiger partial charge is 0.247 e. The summed E-state index contributed by atoms with van der Waals surface area (Å²) in [7, 11) is 3.46.